The van der Waals surface area contributed by atoms with Gasteiger partial charge in [-0.05, 0) is 38.1 Å². The van der Waals surface area contributed by atoms with Crippen LogP contribution in [0.5, 0.6) is 0 Å². The van der Waals surface area contributed by atoms with Gasteiger partial charge in [0.1, 0.15) is 5.82 Å². The molecule has 0 spiro atoms. The zero-order valence-electron chi connectivity index (χ0n) is 12.1. The zero-order valence-corrected chi connectivity index (χ0v) is 12.9. The van der Waals surface area contributed by atoms with Crippen LogP contribution in [0.25, 0.3) is 10.2 Å². The van der Waals surface area contributed by atoms with Crippen molar-refractivity contribution < 1.29 is 4.39 Å². The number of nitrogens with zero attached hydrogens (tertiary/aromatic N) is 3. The van der Waals surface area contributed by atoms with Crippen molar-refractivity contribution in [2.24, 2.45) is 5.73 Å². The topological polar surface area (TPSA) is 45.4 Å². The van der Waals surface area contributed by atoms with Crippen molar-refractivity contribution in [3.8, 4) is 0 Å². The summed E-state index contributed by atoms with van der Waals surface area (Å²) in [5.41, 5.74) is 6.29. The summed E-state index contributed by atoms with van der Waals surface area (Å²) in [6.07, 6.45) is 2.28. The highest BCUT2D eigenvalue weighted by Crippen LogP contribution is 2.29. The van der Waals surface area contributed by atoms with Gasteiger partial charge in [0, 0.05) is 32.2 Å². The molecule has 1 aliphatic heterocycles. The van der Waals surface area contributed by atoms with Crippen molar-refractivity contribution in [1.29, 1.82) is 0 Å². The molecule has 3 rings (SSSR count). The van der Waals surface area contributed by atoms with Gasteiger partial charge in [-0.25, -0.2) is 9.37 Å². The van der Waals surface area contributed by atoms with E-state index in [0.29, 0.717) is 0 Å². The van der Waals surface area contributed by atoms with Gasteiger partial charge < -0.3 is 10.6 Å². The second kappa shape index (κ2) is 6.68. The number of benzene rings is 1. The van der Waals surface area contributed by atoms with Crippen LogP contribution in [0.4, 0.5) is 9.52 Å². The average molecular weight is 308 g/mol. The zero-order chi connectivity index (χ0) is 14.7. The molecule has 2 N–H and O–H groups in total. The van der Waals surface area contributed by atoms with Gasteiger partial charge in [-0.1, -0.05) is 11.3 Å². The van der Waals surface area contributed by atoms with Crippen molar-refractivity contribution in [1.82, 2.24) is 9.88 Å². The Hall–Kier alpha value is -1.24. The van der Waals surface area contributed by atoms with Crippen LogP contribution in [-0.2, 0) is 0 Å². The normalized spacial score (nSPS) is 16.8. The summed E-state index contributed by atoms with van der Waals surface area (Å²) < 4.78 is 14.3. The molecule has 0 radical (unpaired) electrons. The lowest BCUT2D eigenvalue weighted by Gasteiger charge is -2.34. The predicted octanol–water partition coefficient (Wildman–Crippen LogP) is 2.30. The third-order valence-corrected chi connectivity index (χ3v) is 5.01. The van der Waals surface area contributed by atoms with Gasteiger partial charge >= 0.3 is 0 Å². The summed E-state index contributed by atoms with van der Waals surface area (Å²) in [6.45, 7) is 6.03. The number of thiazole rings is 1. The largest absolute Gasteiger partial charge is 0.345 e. The third-order valence-electron chi connectivity index (χ3n) is 3.91. The highest BCUT2D eigenvalue weighted by Gasteiger charge is 2.19. The number of hydrogen-bond acceptors (Lipinski definition) is 5. The molecule has 0 amide bonds. The van der Waals surface area contributed by atoms with Crippen molar-refractivity contribution in [3.63, 3.8) is 0 Å². The van der Waals surface area contributed by atoms with E-state index < -0.39 is 0 Å². The Bertz CT molecular complexity index is 592. The maximum Gasteiger partial charge on any atom is 0.186 e. The molecule has 1 aromatic heterocycles. The molecule has 0 atom stereocenters. The Morgan fingerprint density at radius 1 is 1.19 bits per heavy atom. The van der Waals surface area contributed by atoms with E-state index in [2.05, 4.69) is 14.8 Å². The van der Waals surface area contributed by atoms with Gasteiger partial charge in [-0.15, -0.1) is 0 Å². The van der Waals surface area contributed by atoms with Gasteiger partial charge in [-0.3, -0.25) is 4.90 Å². The lowest BCUT2D eigenvalue weighted by Crippen LogP contribution is -2.46. The SMILES string of the molecule is NCCCCN1CCN(c2nc3cc(F)ccc3s2)CC1. The number of unbranched alkanes of at least 4 members (excludes halogenated alkanes) is 1. The monoisotopic (exact) mass is 308 g/mol. The molecule has 1 saturated heterocycles. The van der Waals surface area contributed by atoms with Crippen LogP contribution in [0.2, 0.25) is 0 Å². The van der Waals surface area contributed by atoms with Crippen LogP contribution in [0.1, 0.15) is 12.8 Å². The summed E-state index contributed by atoms with van der Waals surface area (Å²) in [4.78, 5) is 9.36. The van der Waals surface area contributed by atoms with E-state index in [1.807, 2.05) is 6.07 Å². The van der Waals surface area contributed by atoms with Crippen LogP contribution in [0.15, 0.2) is 18.2 Å². The first-order valence-corrected chi connectivity index (χ1v) is 8.31. The molecule has 0 saturated carbocycles. The van der Waals surface area contributed by atoms with Gasteiger partial charge in [0.25, 0.3) is 0 Å². The van der Waals surface area contributed by atoms with E-state index >= 15 is 0 Å². The Balaban J connectivity index is 1.60. The minimum absolute atomic E-state index is 0.218. The second-order valence-corrected chi connectivity index (χ2v) is 6.44. The highest BCUT2D eigenvalue weighted by molar-refractivity contribution is 7.22. The first-order valence-electron chi connectivity index (χ1n) is 7.50. The first kappa shape index (κ1) is 14.7. The van der Waals surface area contributed by atoms with Gasteiger partial charge in [0.15, 0.2) is 5.13 Å². The van der Waals surface area contributed by atoms with Crippen LogP contribution in [0.3, 0.4) is 0 Å². The molecular formula is C15H21FN4S. The van der Waals surface area contributed by atoms with E-state index in [-0.39, 0.29) is 5.82 Å². The number of piperazine rings is 1. The molecule has 4 nitrogen and oxygen atoms in total. The molecule has 2 heterocycles. The Kier molecular flexibility index (Phi) is 4.67. The summed E-state index contributed by atoms with van der Waals surface area (Å²) in [5.74, 6) is -0.218. The van der Waals surface area contributed by atoms with Crippen LogP contribution in [0, 0.1) is 5.82 Å². The standard InChI is InChI=1S/C15H21FN4S/c16-12-3-4-14-13(11-12)18-15(21-14)20-9-7-19(8-10-20)6-2-1-5-17/h3-4,11H,1-2,5-10,17H2. The van der Waals surface area contributed by atoms with Gasteiger partial charge in [0.05, 0.1) is 10.2 Å². The molecule has 0 aliphatic carbocycles. The van der Waals surface area contributed by atoms with Crippen LogP contribution >= 0.6 is 11.3 Å². The van der Waals surface area contributed by atoms with E-state index in [0.717, 1.165) is 61.0 Å². The maximum atomic E-state index is 13.2. The minimum atomic E-state index is -0.218. The van der Waals surface area contributed by atoms with Crippen molar-refractivity contribution in [2.75, 3.05) is 44.2 Å². The smallest absolute Gasteiger partial charge is 0.186 e. The van der Waals surface area contributed by atoms with Crippen molar-refractivity contribution in [2.45, 2.75) is 12.8 Å². The molecule has 0 bridgehead atoms. The minimum Gasteiger partial charge on any atom is -0.345 e. The highest BCUT2D eigenvalue weighted by atomic mass is 32.1. The lowest BCUT2D eigenvalue weighted by molar-refractivity contribution is 0.253. The predicted molar refractivity (Wildman–Crippen MR) is 86.5 cm³/mol. The quantitative estimate of drug-likeness (QED) is 0.861. The number of halogens is 1. The van der Waals surface area contributed by atoms with E-state index in [1.54, 1.807) is 11.3 Å². The number of aromatic nitrogens is 1. The molecule has 21 heavy (non-hydrogen) atoms. The number of nitrogens with two attached hydrogens (primary N) is 1. The molecule has 0 unspecified atom stereocenters. The molecule has 114 valence electrons. The van der Waals surface area contributed by atoms with E-state index in [1.165, 1.54) is 18.6 Å². The fourth-order valence-electron chi connectivity index (χ4n) is 2.67. The summed E-state index contributed by atoms with van der Waals surface area (Å²) in [6, 6.07) is 4.83. The van der Waals surface area contributed by atoms with Crippen LogP contribution < -0.4 is 10.6 Å². The summed E-state index contributed by atoms with van der Waals surface area (Å²) >= 11 is 1.65. The fourth-order valence-corrected chi connectivity index (χ4v) is 3.66. The lowest BCUT2D eigenvalue weighted by atomic mass is 10.2. The molecule has 6 heteroatoms. The van der Waals surface area contributed by atoms with Gasteiger partial charge in [-0.2, -0.15) is 0 Å². The Morgan fingerprint density at radius 3 is 2.76 bits per heavy atom. The Morgan fingerprint density at radius 2 is 2.00 bits per heavy atom. The summed E-state index contributed by atoms with van der Waals surface area (Å²) in [5, 5.41) is 1.01. The first-order chi connectivity index (χ1) is 10.3. The molecule has 1 aliphatic rings. The molecular weight excluding hydrogens is 287 g/mol. The van der Waals surface area contributed by atoms with Gasteiger partial charge in [0.2, 0.25) is 0 Å². The second-order valence-electron chi connectivity index (χ2n) is 5.43. The Labute approximate surface area is 128 Å². The number of anilines is 1. The maximum absolute atomic E-state index is 13.2. The molecule has 2 aromatic rings. The van der Waals surface area contributed by atoms with Crippen molar-refractivity contribution in [3.05, 3.63) is 24.0 Å². The summed E-state index contributed by atoms with van der Waals surface area (Å²) in [7, 11) is 0. The van der Waals surface area contributed by atoms with E-state index in [4.69, 9.17) is 5.73 Å². The number of fused-ring (bicyclic) bond motifs is 1. The van der Waals surface area contributed by atoms with Crippen LogP contribution in [-0.4, -0.2) is 49.2 Å². The fraction of sp³-hybridized carbons (Fsp3) is 0.533. The van der Waals surface area contributed by atoms with Crippen molar-refractivity contribution >= 4 is 26.7 Å². The number of hydrogen-bond donors (Lipinski definition) is 1. The molecule has 1 aromatic carbocycles. The average Bonchev–Trinajstić information content (AvgIpc) is 2.91. The molecule has 1 fully saturated rings. The third kappa shape index (κ3) is 3.51. The van der Waals surface area contributed by atoms with E-state index in [9.17, 15) is 4.39 Å². The number of rotatable bonds is 5.